The molecule has 148 valence electrons. The second-order valence-electron chi connectivity index (χ2n) is 7.49. The third kappa shape index (κ3) is 3.26. The third-order valence-electron chi connectivity index (χ3n) is 5.69. The van der Waals surface area contributed by atoms with Crippen LogP contribution in [0, 0.1) is 0 Å². The number of piperazine rings is 1. The van der Waals surface area contributed by atoms with E-state index in [-0.39, 0.29) is 4.90 Å². The van der Waals surface area contributed by atoms with Gasteiger partial charge in [-0.2, -0.15) is 4.31 Å². The fourth-order valence-corrected chi connectivity index (χ4v) is 7.03. The van der Waals surface area contributed by atoms with Crippen LogP contribution in [0.15, 0.2) is 29.7 Å². The molecule has 1 aliphatic heterocycles. The minimum atomic E-state index is -3.55. The van der Waals surface area contributed by atoms with Crippen molar-refractivity contribution in [3.8, 4) is 0 Å². The van der Waals surface area contributed by atoms with Gasteiger partial charge >= 0.3 is 0 Å². The van der Waals surface area contributed by atoms with Gasteiger partial charge in [0.05, 0.1) is 5.39 Å². The number of aromatic amines is 1. The molecule has 0 unspecified atom stereocenters. The summed E-state index contributed by atoms with van der Waals surface area (Å²) in [6.45, 7) is 3.44. The highest BCUT2D eigenvalue weighted by Gasteiger charge is 2.31. The summed E-state index contributed by atoms with van der Waals surface area (Å²) >= 11 is 1.94. The van der Waals surface area contributed by atoms with Crippen LogP contribution in [0.2, 0.25) is 0 Å². The van der Waals surface area contributed by atoms with Gasteiger partial charge in [-0.25, -0.2) is 18.4 Å². The van der Waals surface area contributed by atoms with Gasteiger partial charge in [0.1, 0.15) is 16.9 Å². The molecule has 0 amide bonds. The zero-order valence-corrected chi connectivity index (χ0v) is 17.2. The number of aryl methyl sites for hydroxylation is 2. The summed E-state index contributed by atoms with van der Waals surface area (Å²) in [4.78, 5) is 16.6. The fourth-order valence-electron chi connectivity index (χ4n) is 4.17. The lowest BCUT2D eigenvalue weighted by molar-refractivity contribution is 0.183. The average molecular weight is 418 g/mol. The monoisotopic (exact) mass is 417 g/mol. The Morgan fingerprint density at radius 3 is 2.79 bits per heavy atom. The number of rotatable bonds is 4. The Morgan fingerprint density at radius 2 is 1.96 bits per heavy atom. The molecular weight excluding hydrogens is 394 g/mol. The molecule has 1 N–H and O–H groups in total. The average Bonchev–Trinajstić information content (AvgIpc) is 3.32. The number of sulfonamides is 1. The van der Waals surface area contributed by atoms with Crippen molar-refractivity contribution < 1.29 is 8.42 Å². The summed E-state index contributed by atoms with van der Waals surface area (Å²) in [6.07, 6.45) is 9.54. The minimum absolute atomic E-state index is 0.266. The van der Waals surface area contributed by atoms with Crippen LogP contribution in [0.5, 0.6) is 0 Å². The Morgan fingerprint density at radius 1 is 1.14 bits per heavy atom. The van der Waals surface area contributed by atoms with E-state index < -0.39 is 10.0 Å². The van der Waals surface area contributed by atoms with E-state index in [1.165, 1.54) is 48.6 Å². The molecule has 1 fully saturated rings. The number of nitrogens with one attached hydrogen (secondary N) is 1. The Labute approximate surface area is 168 Å². The molecule has 28 heavy (non-hydrogen) atoms. The van der Waals surface area contributed by atoms with Crippen LogP contribution in [0.3, 0.4) is 0 Å². The molecule has 0 bridgehead atoms. The lowest BCUT2D eigenvalue weighted by atomic mass is 9.99. The van der Waals surface area contributed by atoms with E-state index in [4.69, 9.17) is 0 Å². The van der Waals surface area contributed by atoms with Crippen molar-refractivity contribution in [2.75, 3.05) is 26.2 Å². The van der Waals surface area contributed by atoms with Crippen molar-refractivity contribution in [1.82, 2.24) is 24.2 Å². The number of nitrogens with zero attached hydrogens (tertiary/aromatic N) is 4. The van der Waals surface area contributed by atoms with Crippen molar-refractivity contribution in [2.45, 2.75) is 37.1 Å². The number of H-pyrrole nitrogens is 1. The summed E-state index contributed by atoms with van der Waals surface area (Å²) in [5.41, 5.74) is 2.09. The molecule has 2 aliphatic rings. The third-order valence-corrected chi connectivity index (χ3v) is 8.85. The van der Waals surface area contributed by atoms with Gasteiger partial charge in [-0.05, 0) is 37.3 Å². The number of aromatic nitrogens is 3. The summed E-state index contributed by atoms with van der Waals surface area (Å²) in [7, 11) is -3.55. The Bertz CT molecular complexity index is 1070. The fraction of sp³-hybridized carbons (Fsp3) is 0.474. The lowest BCUT2D eigenvalue weighted by Gasteiger charge is -2.33. The van der Waals surface area contributed by atoms with Crippen LogP contribution in [0.4, 0.5) is 0 Å². The summed E-state index contributed by atoms with van der Waals surface area (Å²) < 4.78 is 27.8. The van der Waals surface area contributed by atoms with Crippen molar-refractivity contribution in [1.29, 1.82) is 0 Å². The zero-order chi connectivity index (χ0) is 19.1. The van der Waals surface area contributed by atoms with Gasteiger partial charge in [0.2, 0.25) is 10.0 Å². The predicted molar refractivity (Wildman–Crippen MR) is 109 cm³/mol. The van der Waals surface area contributed by atoms with E-state index in [0.29, 0.717) is 24.1 Å². The highest BCUT2D eigenvalue weighted by Crippen LogP contribution is 2.31. The second-order valence-corrected chi connectivity index (χ2v) is 10.6. The summed E-state index contributed by atoms with van der Waals surface area (Å²) in [5.74, 6) is 0. The maximum Gasteiger partial charge on any atom is 0.245 e. The largest absolute Gasteiger partial charge is 0.345 e. The molecule has 1 aliphatic carbocycles. The summed E-state index contributed by atoms with van der Waals surface area (Å²) in [6, 6.07) is 2.37. The van der Waals surface area contributed by atoms with Crippen LogP contribution in [0.25, 0.3) is 11.0 Å². The maximum absolute atomic E-state index is 13.1. The molecule has 0 radical (unpaired) electrons. The molecule has 1 saturated heterocycles. The Hall–Kier alpha value is -1.81. The predicted octanol–water partition coefficient (Wildman–Crippen LogP) is 2.40. The first-order valence-electron chi connectivity index (χ1n) is 9.71. The second kappa shape index (κ2) is 7.22. The van der Waals surface area contributed by atoms with Crippen LogP contribution in [-0.4, -0.2) is 58.8 Å². The number of hydrogen-bond donors (Lipinski definition) is 1. The van der Waals surface area contributed by atoms with Crippen molar-refractivity contribution in [3.05, 3.63) is 40.1 Å². The van der Waals surface area contributed by atoms with Crippen LogP contribution in [-0.2, 0) is 29.4 Å². The van der Waals surface area contributed by atoms with Crippen molar-refractivity contribution >= 4 is 32.4 Å². The molecule has 0 spiro atoms. The topological polar surface area (TPSA) is 82.2 Å². The zero-order valence-electron chi connectivity index (χ0n) is 15.6. The standard InChI is InChI=1S/C19H23N5O2S2/c25-28(26,18-11-21-19-16(18)10-20-13-22-19)24-7-5-23(6-8-24)12-15-9-14-3-1-2-4-17(14)27-15/h9-11,13H,1-8,12H2,(H,20,21,22). The molecule has 0 atom stereocenters. The van der Waals surface area contributed by atoms with Gasteiger partial charge in [0.15, 0.2) is 0 Å². The van der Waals surface area contributed by atoms with Crippen LogP contribution in [0.1, 0.15) is 28.2 Å². The smallest absolute Gasteiger partial charge is 0.245 e. The normalized spacial score (nSPS) is 19.1. The highest BCUT2D eigenvalue weighted by molar-refractivity contribution is 7.89. The van der Waals surface area contributed by atoms with Gasteiger partial charge < -0.3 is 4.98 Å². The van der Waals surface area contributed by atoms with Crippen LogP contribution < -0.4 is 0 Å². The number of fused-ring (bicyclic) bond motifs is 2. The Kier molecular flexibility index (Phi) is 4.70. The van der Waals surface area contributed by atoms with E-state index in [2.05, 4.69) is 25.9 Å². The first kappa shape index (κ1) is 18.2. The maximum atomic E-state index is 13.1. The van der Waals surface area contributed by atoms with E-state index in [9.17, 15) is 8.42 Å². The first-order valence-corrected chi connectivity index (χ1v) is 12.0. The van der Waals surface area contributed by atoms with Crippen LogP contribution >= 0.6 is 11.3 Å². The lowest BCUT2D eigenvalue weighted by Crippen LogP contribution is -2.48. The van der Waals surface area contributed by atoms with Gasteiger partial charge in [-0.3, -0.25) is 4.90 Å². The van der Waals surface area contributed by atoms with E-state index in [0.717, 1.165) is 19.6 Å². The molecule has 4 heterocycles. The molecule has 3 aromatic rings. The SMILES string of the molecule is O=S(=O)(c1c[nH]c2ncncc12)N1CCN(Cc2cc3c(s2)CCCC3)CC1. The van der Waals surface area contributed by atoms with Crippen molar-refractivity contribution in [2.24, 2.45) is 0 Å². The van der Waals surface area contributed by atoms with E-state index in [1.54, 1.807) is 15.4 Å². The van der Waals surface area contributed by atoms with E-state index in [1.807, 2.05) is 11.3 Å². The number of hydrogen-bond acceptors (Lipinski definition) is 6. The molecule has 7 nitrogen and oxygen atoms in total. The van der Waals surface area contributed by atoms with Crippen molar-refractivity contribution in [3.63, 3.8) is 0 Å². The molecular formula is C19H23N5O2S2. The quantitative estimate of drug-likeness (QED) is 0.705. The van der Waals surface area contributed by atoms with E-state index >= 15 is 0 Å². The molecule has 0 saturated carbocycles. The van der Waals surface area contributed by atoms with Gasteiger partial charge in [-0.15, -0.1) is 11.3 Å². The Balaban J connectivity index is 1.27. The van der Waals surface area contributed by atoms with Gasteiger partial charge in [0, 0.05) is 54.9 Å². The molecule has 5 rings (SSSR count). The molecule has 3 aromatic heterocycles. The summed E-state index contributed by atoms with van der Waals surface area (Å²) in [5, 5.41) is 0.550. The van der Waals surface area contributed by atoms with Gasteiger partial charge in [-0.1, -0.05) is 0 Å². The first-order chi connectivity index (χ1) is 13.6. The molecule has 0 aromatic carbocycles. The molecule has 9 heteroatoms. The highest BCUT2D eigenvalue weighted by atomic mass is 32.2. The minimum Gasteiger partial charge on any atom is -0.345 e. The number of thiophene rings is 1. The van der Waals surface area contributed by atoms with Gasteiger partial charge in [0.25, 0.3) is 0 Å².